The molecule has 0 bridgehead atoms. The molecule has 144 valence electrons. The molecule has 0 aliphatic heterocycles. The van der Waals surface area contributed by atoms with Crippen LogP contribution in [0.15, 0.2) is 91.0 Å². The van der Waals surface area contributed by atoms with Crippen LogP contribution in [0.4, 0.5) is 0 Å². The van der Waals surface area contributed by atoms with E-state index in [0.717, 1.165) is 11.1 Å². The average Bonchev–Trinajstić information content (AvgIpc) is 2.74. The van der Waals surface area contributed by atoms with Gasteiger partial charge in [-0.1, -0.05) is 78.9 Å². The molecule has 1 amide bonds. The Kier molecular flexibility index (Phi) is 6.57. The van der Waals surface area contributed by atoms with Crippen LogP contribution < -0.4 is 10.0 Å². The monoisotopic (exact) mass is 394 g/mol. The van der Waals surface area contributed by atoms with Crippen molar-refractivity contribution < 1.29 is 13.2 Å². The van der Waals surface area contributed by atoms with E-state index in [1.165, 1.54) is 0 Å². The highest BCUT2D eigenvalue weighted by atomic mass is 32.2. The second kappa shape index (κ2) is 9.30. The molecule has 0 radical (unpaired) electrons. The summed E-state index contributed by atoms with van der Waals surface area (Å²) >= 11 is 0. The fraction of sp³-hybridized carbons (Fsp3) is 0.136. The lowest BCUT2D eigenvalue weighted by Crippen LogP contribution is -2.36. The van der Waals surface area contributed by atoms with Crippen LogP contribution in [0.2, 0.25) is 0 Å². The molecule has 5 nitrogen and oxygen atoms in total. The first kappa shape index (κ1) is 19.8. The van der Waals surface area contributed by atoms with Gasteiger partial charge in [-0.2, -0.15) is 0 Å². The summed E-state index contributed by atoms with van der Waals surface area (Å²) in [6.45, 7) is 0.0271. The van der Waals surface area contributed by atoms with Crippen LogP contribution in [0.5, 0.6) is 0 Å². The van der Waals surface area contributed by atoms with Gasteiger partial charge in [-0.3, -0.25) is 4.79 Å². The van der Waals surface area contributed by atoms with Crippen molar-refractivity contribution in [1.82, 2.24) is 10.0 Å². The van der Waals surface area contributed by atoms with Crippen LogP contribution >= 0.6 is 0 Å². The molecule has 0 spiro atoms. The van der Waals surface area contributed by atoms with Crippen molar-refractivity contribution in [3.63, 3.8) is 0 Å². The van der Waals surface area contributed by atoms with E-state index in [2.05, 4.69) is 10.0 Å². The zero-order chi connectivity index (χ0) is 19.8. The van der Waals surface area contributed by atoms with Crippen LogP contribution in [-0.2, 0) is 10.0 Å². The highest BCUT2D eigenvalue weighted by molar-refractivity contribution is 7.89. The smallest absolute Gasteiger partial charge is 0.251 e. The maximum absolute atomic E-state index is 12.6. The minimum atomic E-state index is -3.62. The third-order valence-corrected chi connectivity index (χ3v) is 5.59. The first-order chi connectivity index (χ1) is 13.6. The van der Waals surface area contributed by atoms with Crippen molar-refractivity contribution >= 4 is 15.9 Å². The molecule has 0 aliphatic carbocycles. The lowest BCUT2D eigenvalue weighted by atomic mass is 10.00. The molecule has 28 heavy (non-hydrogen) atoms. The summed E-state index contributed by atoms with van der Waals surface area (Å²) in [7, 11) is -3.62. The fourth-order valence-electron chi connectivity index (χ4n) is 2.85. The summed E-state index contributed by atoms with van der Waals surface area (Å²) in [5, 5.41) is 2.65. The maximum Gasteiger partial charge on any atom is 0.251 e. The summed E-state index contributed by atoms with van der Waals surface area (Å²) in [5.74, 6) is -0.500. The molecule has 0 atom stereocenters. The van der Waals surface area contributed by atoms with Gasteiger partial charge >= 0.3 is 0 Å². The van der Waals surface area contributed by atoms with Gasteiger partial charge in [-0.05, 0) is 23.3 Å². The third-order valence-electron chi connectivity index (χ3n) is 4.26. The van der Waals surface area contributed by atoms with Crippen LogP contribution in [0, 0.1) is 0 Å². The van der Waals surface area contributed by atoms with Gasteiger partial charge in [0.25, 0.3) is 5.91 Å². The highest BCUT2D eigenvalue weighted by Crippen LogP contribution is 2.22. The van der Waals surface area contributed by atoms with E-state index in [9.17, 15) is 13.2 Å². The molecule has 0 saturated carbocycles. The number of carbonyl (C=O) groups excluding carboxylic acids is 1. The largest absolute Gasteiger partial charge is 0.351 e. The molecule has 6 heteroatoms. The Morgan fingerprint density at radius 1 is 0.750 bits per heavy atom. The number of benzene rings is 3. The second-order valence-electron chi connectivity index (χ2n) is 6.31. The van der Waals surface area contributed by atoms with Crippen molar-refractivity contribution in [2.75, 3.05) is 12.3 Å². The first-order valence-corrected chi connectivity index (χ1v) is 10.6. The number of carbonyl (C=O) groups is 1. The zero-order valence-electron chi connectivity index (χ0n) is 15.3. The molecule has 0 aromatic heterocycles. The summed E-state index contributed by atoms with van der Waals surface area (Å²) in [6, 6.07) is 27.0. The van der Waals surface area contributed by atoms with E-state index in [0.29, 0.717) is 5.56 Å². The number of hydrogen-bond donors (Lipinski definition) is 2. The van der Waals surface area contributed by atoms with Crippen LogP contribution in [0.3, 0.4) is 0 Å². The van der Waals surface area contributed by atoms with Gasteiger partial charge in [0.05, 0.1) is 11.8 Å². The minimum Gasteiger partial charge on any atom is -0.351 e. The Hall–Kier alpha value is -2.96. The Bertz CT molecular complexity index is 952. The predicted octanol–water partition coefficient (Wildman–Crippen LogP) is 3.13. The van der Waals surface area contributed by atoms with E-state index in [4.69, 9.17) is 0 Å². The first-order valence-electron chi connectivity index (χ1n) is 8.98. The summed E-state index contributed by atoms with van der Waals surface area (Å²) < 4.78 is 28.0. The fourth-order valence-corrected chi connectivity index (χ4v) is 3.97. The van der Waals surface area contributed by atoms with E-state index in [-0.39, 0.29) is 18.2 Å². The van der Waals surface area contributed by atoms with Crippen molar-refractivity contribution in [2.45, 2.75) is 6.04 Å². The highest BCUT2D eigenvalue weighted by Gasteiger charge is 2.21. The van der Waals surface area contributed by atoms with Crippen LogP contribution in [0.1, 0.15) is 27.5 Å². The molecule has 0 fully saturated rings. The van der Waals surface area contributed by atoms with Gasteiger partial charge in [0, 0.05) is 12.1 Å². The van der Waals surface area contributed by atoms with E-state index >= 15 is 0 Å². The number of nitrogens with one attached hydrogen (secondary N) is 2. The lowest BCUT2D eigenvalue weighted by molar-refractivity contribution is 0.0956. The number of rotatable bonds is 8. The summed E-state index contributed by atoms with van der Waals surface area (Å²) in [4.78, 5) is 12.1. The Balaban J connectivity index is 1.67. The topological polar surface area (TPSA) is 75.3 Å². The van der Waals surface area contributed by atoms with Gasteiger partial charge < -0.3 is 5.32 Å². The Morgan fingerprint density at radius 2 is 1.21 bits per heavy atom. The van der Waals surface area contributed by atoms with Gasteiger partial charge in [0.1, 0.15) is 0 Å². The van der Waals surface area contributed by atoms with E-state index in [1.807, 2.05) is 66.7 Å². The van der Waals surface area contributed by atoms with Gasteiger partial charge in [0.15, 0.2) is 0 Å². The molecule has 0 saturated heterocycles. The normalized spacial score (nSPS) is 11.3. The van der Waals surface area contributed by atoms with E-state index < -0.39 is 16.1 Å². The quantitative estimate of drug-likeness (QED) is 0.616. The standard InChI is InChI=1S/C22H22N2O3S/c25-22(20-14-8-3-9-15-20)23-16-17-28(26,27)24-21(18-10-4-1-5-11-18)19-12-6-2-7-13-19/h1-15,21,24H,16-17H2,(H,23,25). The van der Waals surface area contributed by atoms with Crippen molar-refractivity contribution in [3.05, 3.63) is 108 Å². The SMILES string of the molecule is O=C(NCCS(=O)(=O)NC(c1ccccc1)c1ccccc1)c1ccccc1. The molecule has 3 aromatic carbocycles. The Labute approximate surface area is 165 Å². The average molecular weight is 394 g/mol. The second-order valence-corrected chi connectivity index (χ2v) is 8.19. The zero-order valence-corrected chi connectivity index (χ0v) is 16.1. The Morgan fingerprint density at radius 3 is 1.71 bits per heavy atom. The maximum atomic E-state index is 12.6. The molecular formula is C22H22N2O3S. The number of sulfonamides is 1. The van der Waals surface area contributed by atoms with Crippen LogP contribution in [0.25, 0.3) is 0 Å². The lowest BCUT2D eigenvalue weighted by Gasteiger charge is -2.20. The minimum absolute atomic E-state index is 0.0271. The molecule has 0 aliphatic rings. The summed E-state index contributed by atoms with van der Waals surface area (Å²) in [5.41, 5.74) is 2.20. The molecule has 0 heterocycles. The molecular weight excluding hydrogens is 372 g/mol. The molecule has 3 rings (SSSR count). The molecule has 2 N–H and O–H groups in total. The van der Waals surface area contributed by atoms with Crippen molar-refractivity contribution in [2.24, 2.45) is 0 Å². The molecule has 0 unspecified atom stereocenters. The third kappa shape index (κ3) is 5.52. The van der Waals surface area contributed by atoms with Gasteiger partial charge in [-0.25, -0.2) is 13.1 Å². The van der Waals surface area contributed by atoms with E-state index in [1.54, 1.807) is 24.3 Å². The summed E-state index contributed by atoms with van der Waals surface area (Å²) in [6.07, 6.45) is 0. The van der Waals surface area contributed by atoms with Gasteiger partial charge in [0.2, 0.25) is 10.0 Å². The van der Waals surface area contributed by atoms with Crippen LogP contribution in [-0.4, -0.2) is 26.6 Å². The molecule has 3 aromatic rings. The van der Waals surface area contributed by atoms with Crippen molar-refractivity contribution in [3.8, 4) is 0 Å². The number of amides is 1. The predicted molar refractivity (Wildman–Crippen MR) is 110 cm³/mol. The van der Waals surface area contributed by atoms with Crippen molar-refractivity contribution in [1.29, 1.82) is 0 Å². The number of hydrogen-bond acceptors (Lipinski definition) is 3. The van der Waals surface area contributed by atoms with Gasteiger partial charge in [-0.15, -0.1) is 0 Å².